The average molecular weight is 334 g/mol. The molecule has 0 saturated carbocycles. The van der Waals surface area contributed by atoms with Crippen molar-refractivity contribution in [3.8, 4) is 27.3 Å². The second kappa shape index (κ2) is 5.49. The summed E-state index contributed by atoms with van der Waals surface area (Å²) in [7, 11) is 1.74. The maximum atomic E-state index is 5.51. The van der Waals surface area contributed by atoms with Crippen LogP contribution in [-0.2, 0) is 0 Å². The smallest absolute Gasteiger partial charge is 0.119 e. The Labute approximate surface area is 147 Å². The highest BCUT2D eigenvalue weighted by molar-refractivity contribution is 7.14. The van der Waals surface area contributed by atoms with Gasteiger partial charge in [0.25, 0.3) is 0 Å². The highest BCUT2D eigenvalue weighted by Crippen LogP contribution is 2.53. The number of thiophene rings is 1. The first-order valence-electron chi connectivity index (χ1n) is 8.36. The molecule has 2 heteroatoms. The largest absolute Gasteiger partial charge is 0.497 e. The number of rotatable bonds is 1. The quantitative estimate of drug-likeness (QED) is 0.488. The lowest BCUT2D eigenvalue weighted by Gasteiger charge is -2.33. The van der Waals surface area contributed by atoms with Gasteiger partial charge in [-0.1, -0.05) is 51.1 Å². The summed E-state index contributed by atoms with van der Waals surface area (Å²) in [4.78, 5) is 1.37. The zero-order chi connectivity index (χ0) is 16.9. The van der Waals surface area contributed by atoms with Gasteiger partial charge in [0.05, 0.1) is 7.11 Å². The molecular formula is C22H22OS. The molecule has 1 heterocycles. The maximum absolute atomic E-state index is 5.51. The summed E-state index contributed by atoms with van der Waals surface area (Å²) in [5.41, 5.74) is 6.96. The van der Waals surface area contributed by atoms with E-state index in [1.165, 1.54) is 32.7 Å². The van der Waals surface area contributed by atoms with Gasteiger partial charge < -0.3 is 4.74 Å². The molecule has 0 radical (unpaired) electrons. The topological polar surface area (TPSA) is 9.23 Å². The Morgan fingerprint density at radius 2 is 1.62 bits per heavy atom. The van der Waals surface area contributed by atoms with E-state index in [0.717, 1.165) is 5.75 Å². The van der Waals surface area contributed by atoms with Crippen molar-refractivity contribution in [1.29, 1.82) is 0 Å². The molecule has 1 atom stereocenters. The van der Waals surface area contributed by atoms with Crippen molar-refractivity contribution in [2.24, 2.45) is 5.41 Å². The van der Waals surface area contributed by atoms with Gasteiger partial charge >= 0.3 is 0 Å². The summed E-state index contributed by atoms with van der Waals surface area (Å²) in [5, 5.41) is 2.20. The van der Waals surface area contributed by atoms with Gasteiger partial charge in [0.2, 0.25) is 0 Å². The number of methoxy groups -OCH3 is 1. The second-order valence-electron chi connectivity index (χ2n) is 7.50. The molecule has 3 aromatic rings. The van der Waals surface area contributed by atoms with Gasteiger partial charge in [0.15, 0.2) is 0 Å². The first kappa shape index (κ1) is 15.5. The molecule has 1 aromatic heterocycles. The SMILES string of the molecule is COc1ccc2c(c1)-c1ccsc1-c1ccccc1C2C(C)(C)C. The summed E-state index contributed by atoms with van der Waals surface area (Å²) in [6, 6.07) is 17.7. The molecule has 2 aromatic carbocycles. The highest BCUT2D eigenvalue weighted by Gasteiger charge is 2.35. The first-order chi connectivity index (χ1) is 11.5. The zero-order valence-electron chi connectivity index (χ0n) is 14.6. The summed E-state index contributed by atoms with van der Waals surface area (Å²) >= 11 is 1.83. The molecule has 1 aliphatic carbocycles. The summed E-state index contributed by atoms with van der Waals surface area (Å²) in [6.45, 7) is 7.01. The molecule has 0 amide bonds. The Morgan fingerprint density at radius 3 is 2.38 bits per heavy atom. The lowest BCUT2D eigenvalue weighted by atomic mass is 9.71. The van der Waals surface area contributed by atoms with Crippen molar-refractivity contribution in [2.45, 2.75) is 26.7 Å². The Kier molecular flexibility index (Phi) is 3.54. The van der Waals surface area contributed by atoms with Gasteiger partial charge in [0, 0.05) is 16.4 Å². The number of hydrogen-bond acceptors (Lipinski definition) is 2. The summed E-state index contributed by atoms with van der Waals surface area (Å²) < 4.78 is 5.51. The van der Waals surface area contributed by atoms with Gasteiger partial charge in [-0.05, 0) is 51.2 Å². The lowest BCUT2D eigenvalue weighted by molar-refractivity contribution is 0.359. The van der Waals surface area contributed by atoms with Crippen LogP contribution in [0.15, 0.2) is 53.9 Å². The number of fused-ring (bicyclic) bond motifs is 5. The van der Waals surface area contributed by atoms with Crippen LogP contribution in [0.1, 0.15) is 37.8 Å². The van der Waals surface area contributed by atoms with Crippen molar-refractivity contribution in [3.05, 3.63) is 65.0 Å². The van der Waals surface area contributed by atoms with Crippen LogP contribution < -0.4 is 4.74 Å². The Morgan fingerprint density at radius 1 is 0.875 bits per heavy atom. The predicted octanol–water partition coefficient (Wildman–Crippen LogP) is 6.58. The van der Waals surface area contributed by atoms with E-state index in [1.807, 2.05) is 11.3 Å². The van der Waals surface area contributed by atoms with E-state index in [9.17, 15) is 0 Å². The third-order valence-corrected chi connectivity index (χ3v) is 5.86. The van der Waals surface area contributed by atoms with Crippen molar-refractivity contribution in [3.63, 3.8) is 0 Å². The molecule has 1 nitrogen and oxygen atoms in total. The van der Waals surface area contributed by atoms with Gasteiger partial charge in [0.1, 0.15) is 5.75 Å². The standard InChI is InChI=1S/C22H22OS/c1-22(2,3)20-15-7-5-6-8-17(15)21-18(11-12-24-21)19-13-14(23-4)9-10-16(19)20/h5-13,20H,1-4H3. The Bertz CT molecular complexity index is 898. The van der Waals surface area contributed by atoms with E-state index in [2.05, 4.69) is 74.7 Å². The van der Waals surface area contributed by atoms with Crippen LogP contribution in [0.2, 0.25) is 0 Å². The van der Waals surface area contributed by atoms with E-state index >= 15 is 0 Å². The number of ether oxygens (including phenoxy) is 1. The van der Waals surface area contributed by atoms with Gasteiger partial charge in [-0.2, -0.15) is 0 Å². The van der Waals surface area contributed by atoms with Crippen molar-refractivity contribution >= 4 is 11.3 Å². The molecular weight excluding hydrogens is 312 g/mol. The van der Waals surface area contributed by atoms with Crippen LogP contribution in [0.5, 0.6) is 5.75 Å². The molecule has 4 rings (SSSR count). The summed E-state index contributed by atoms with van der Waals surface area (Å²) in [6.07, 6.45) is 0. The molecule has 0 fully saturated rings. The minimum atomic E-state index is 0.133. The highest BCUT2D eigenvalue weighted by atomic mass is 32.1. The van der Waals surface area contributed by atoms with Crippen LogP contribution >= 0.6 is 11.3 Å². The van der Waals surface area contributed by atoms with Gasteiger partial charge in [-0.25, -0.2) is 0 Å². The molecule has 1 aliphatic rings. The average Bonchev–Trinajstić information content (AvgIpc) is 3.00. The molecule has 0 bridgehead atoms. The third kappa shape index (κ3) is 2.29. The van der Waals surface area contributed by atoms with Crippen LogP contribution in [-0.4, -0.2) is 7.11 Å². The van der Waals surface area contributed by atoms with Crippen LogP contribution in [0, 0.1) is 5.41 Å². The molecule has 0 aliphatic heterocycles. The predicted molar refractivity (Wildman–Crippen MR) is 103 cm³/mol. The first-order valence-corrected chi connectivity index (χ1v) is 9.24. The van der Waals surface area contributed by atoms with Crippen molar-refractivity contribution in [2.75, 3.05) is 7.11 Å². The van der Waals surface area contributed by atoms with E-state index in [1.54, 1.807) is 7.11 Å². The molecule has 0 saturated heterocycles. The summed E-state index contributed by atoms with van der Waals surface area (Å²) in [5.74, 6) is 1.28. The maximum Gasteiger partial charge on any atom is 0.119 e. The van der Waals surface area contributed by atoms with E-state index < -0.39 is 0 Å². The fourth-order valence-corrected chi connectivity index (χ4v) is 4.89. The Balaban J connectivity index is 2.12. The molecule has 24 heavy (non-hydrogen) atoms. The van der Waals surface area contributed by atoms with E-state index in [4.69, 9.17) is 4.74 Å². The van der Waals surface area contributed by atoms with E-state index in [-0.39, 0.29) is 5.41 Å². The van der Waals surface area contributed by atoms with Crippen LogP contribution in [0.25, 0.3) is 21.6 Å². The molecule has 1 unspecified atom stereocenters. The normalized spacial score (nSPS) is 15.9. The molecule has 0 spiro atoms. The third-order valence-electron chi connectivity index (χ3n) is 4.91. The van der Waals surface area contributed by atoms with E-state index in [0.29, 0.717) is 5.92 Å². The Hall–Kier alpha value is -2.06. The van der Waals surface area contributed by atoms with Crippen molar-refractivity contribution < 1.29 is 4.74 Å². The van der Waals surface area contributed by atoms with Crippen LogP contribution in [0.4, 0.5) is 0 Å². The lowest BCUT2D eigenvalue weighted by Crippen LogP contribution is -2.20. The zero-order valence-corrected chi connectivity index (χ0v) is 15.4. The minimum Gasteiger partial charge on any atom is -0.497 e. The second-order valence-corrected chi connectivity index (χ2v) is 8.42. The van der Waals surface area contributed by atoms with Crippen molar-refractivity contribution in [1.82, 2.24) is 0 Å². The fraction of sp³-hybridized carbons (Fsp3) is 0.273. The molecule has 0 N–H and O–H groups in total. The minimum absolute atomic E-state index is 0.133. The number of hydrogen-bond donors (Lipinski definition) is 0. The monoisotopic (exact) mass is 334 g/mol. The number of benzene rings is 2. The van der Waals surface area contributed by atoms with Crippen LogP contribution in [0.3, 0.4) is 0 Å². The fourth-order valence-electron chi connectivity index (χ4n) is 3.93. The molecule has 122 valence electrons. The van der Waals surface area contributed by atoms with Gasteiger partial charge in [-0.3, -0.25) is 0 Å². The van der Waals surface area contributed by atoms with Gasteiger partial charge in [-0.15, -0.1) is 11.3 Å².